The molecule has 0 saturated heterocycles. The molecule has 3 amide bonds. The summed E-state index contributed by atoms with van der Waals surface area (Å²) in [6, 6.07) is 14.6. The van der Waals surface area contributed by atoms with Crippen LogP contribution in [-0.4, -0.2) is 34.5 Å². The van der Waals surface area contributed by atoms with Crippen molar-refractivity contribution in [3.63, 3.8) is 0 Å². The lowest BCUT2D eigenvalue weighted by Gasteiger charge is -2.05. The third-order valence-electron chi connectivity index (χ3n) is 4.11. The first-order valence-corrected chi connectivity index (χ1v) is 10.9. The van der Waals surface area contributed by atoms with Gasteiger partial charge in [-0.25, -0.2) is 14.8 Å². The maximum Gasteiger partial charge on any atom is 0.414 e. The first-order chi connectivity index (χ1) is 15.0. The second-order valence-corrected chi connectivity index (χ2v) is 8.22. The van der Waals surface area contributed by atoms with Gasteiger partial charge in [-0.05, 0) is 30.7 Å². The minimum Gasteiger partial charge on any atom is -0.450 e. The number of nitrogens with one attached hydrogen (secondary N) is 2. The number of alkyl carbamates (subject to hydrolysis) is 1. The topological polar surface area (TPSA) is 110 Å². The summed E-state index contributed by atoms with van der Waals surface area (Å²) < 4.78 is 4.78. The van der Waals surface area contributed by atoms with Gasteiger partial charge in [-0.3, -0.25) is 14.9 Å². The molecule has 0 aliphatic rings. The van der Waals surface area contributed by atoms with E-state index in [1.54, 1.807) is 31.3 Å². The summed E-state index contributed by atoms with van der Waals surface area (Å²) in [7, 11) is 0. The number of anilines is 1. The molecule has 4 aromatic rings. The Morgan fingerprint density at radius 1 is 1.03 bits per heavy atom. The summed E-state index contributed by atoms with van der Waals surface area (Å²) in [4.78, 5) is 47.1. The summed E-state index contributed by atoms with van der Waals surface area (Å²) in [6.07, 6.45) is 0.778. The quantitative estimate of drug-likeness (QED) is 0.459. The van der Waals surface area contributed by atoms with E-state index in [1.807, 2.05) is 30.3 Å². The van der Waals surface area contributed by atoms with E-state index in [0.29, 0.717) is 15.3 Å². The molecule has 31 heavy (non-hydrogen) atoms. The van der Waals surface area contributed by atoms with Gasteiger partial charge in [0.2, 0.25) is 0 Å². The van der Waals surface area contributed by atoms with Gasteiger partial charge in [0, 0.05) is 11.1 Å². The number of thiophene rings is 1. The molecule has 0 spiro atoms. The predicted molar refractivity (Wildman–Crippen MR) is 120 cm³/mol. The van der Waals surface area contributed by atoms with Gasteiger partial charge in [0.25, 0.3) is 11.8 Å². The van der Waals surface area contributed by atoms with E-state index in [4.69, 9.17) is 4.74 Å². The van der Waals surface area contributed by atoms with Crippen LogP contribution < -0.4 is 10.6 Å². The molecule has 3 heterocycles. The molecule has 3 aromatic heterocycles. The van der Waals surface area contributed by atoms with Crippen molar-refractivity contribution in [3.8, 4) is 10.4 Å². The highest BCUT2D eigenvalue weighted by Crippen LogP contribution is 2.36. The van der Waals surface area contributed by atoms with E-state index in [-0.39, 0.29) is 17.2 Å². The Kier molecular flexibility index (Phi) is 6.01. The van der Waals surface area contributed by atoms with Crippen molar-refractivity contribution in [1.82, 2.24) is 15.3 Å². The Hall–Kier alpha value is -3.63. The summed E-state index contributed by atoms with van der Waals surface area (Å²) in [5, 5.41) is 5.45. The number of pyridine rings is 1. The number of thiazole rings is 1. The van der Waals surface area contributed by atoms with E-state index in [2.05, 4.69) is 20.6 Å². The van der Waals surface area contributed by atoms with Crippen LogP contribution in [0, 0.1) is 0 Å². The Morgan fingerprint density at radius 3 is 2.58 bits per heavy atom. The number of nitrogens with zero attached hydrogens (tertiary/aromatic N) is 2. The van der Waals surface area contributed by atoms with Crippen LogP contribution in [0.25, 0.3) is 20.8 Å². The summed E-state index contributed by atoms with van der Waals surface area (Å²) >= 11 is 2.38. The lowest BCUT2D eigenvalue weighted by molar-refractivity contribution is 0.0926. The molecule has 8 nitrogen and oxygen atoms in total. The number of hydrogen-bond donors (Lipinski definition) is 2. The van der Waals surface area contributed by atoms with Gasteiger partial charge < -0.3 is 10.1 Å². The Bertz CT molecular complexity index is 1230. The van der Waals surface area contributed by atoms with Crippen LogP contribution in [0.4, 0.5) is 9.80 Å². The minimum absolute atomic E-state index is 0.132. The van der Waals surface area contributed by atoms with Crippen molar-refractivity contribution in [2.24, 2.45) is 0 Å². The zero-order chi connectivity index (χ0) is 21.8. The standard InChI is InChI=1S/C21H16N4O4S2/c1-2-29-21(28)25-16(26)13-11-15(12-7-4-3-5-8-12)30-18(13)24-17(27)20-23-14-9-6-10-22-19(14)31-20/h3-11H,2H2,1H3,(H,24,27)(H,25,26,28). The monoisotopic (exact) mass is 452 g/mol. The average Bonchev–Trinajstić information content (AvgIpc) is 3.39. The zero-order valence-corrected chi connectivity index (χ0v) is 17.9. The number of benzene rings is 1. The number of fused-ring (bicyclic) bond motifs is 1. The second-order valence-electron chi connectivity index (χ2n) is 6.19. The van der Waals surface area contributed by atoms with Crippen LogP contribution in [0.2, 0.25) is 0 Å². The predicted octanol–water partition coefficient (Wildman–Crippen LogP) is 4.56. The fraction of sp³-hybridized carbons (Fsp3) is 0.0952. The normalized spacial score (nSPS) is 10.6. The van der Waals surface area contributed by atoms with Crippen LogP contribution in [0.5, 0.6) is 0 Å². The summed E-state index contributed by atoms with van der Waals surface area (Å²) in [5.41, 5.74) is 1.65. The molecule has 1 aromatic carbocycles. The van der Waals surface area contributed by atoms with Crippen LogP contribution in [0.3, 0.4) is 0 Å². The molecule has 156 valence electrons. The highest BCUT2D eigenvalue weighted by Gasteiger charge is 2.22. The van der Waals surface area contributed by atoms with E-state index >= 15 is 0 Å². The number of carbonyl (C=O) groups excluding carboxylic acids is 3. The number of ether oxygens (including phenoxy) is 1. The van der Waals surface area contributed by atoms with Crippen molar-refractivity contribution in [3.05, 3.63) is 65.3 Å². The molecule has 0 saturated carbocycles. The molecular formula is C21H16N4O4S2. The molecule has 0 unspecified atom stereocenters. The van der Waals surface area contributed by atoms with Crippen molar-refractivity contribution in [1.29, 1.82) is 0 Å². The molecule has 0 aliphatic heterocycles. The van der Waals surface area contributed by atoms with Gasteiger partial charge in [-0.1, -0.05) is 41.7 Å². The van der Waals surface area contributed by atoms with E-state index < -0.39 is 17.9 Å². The van der Waals surface area contributed by atoms with E-state index in [9.17, 15) is 14.4 Å². The smallest absolute Gasteiger partial charge is 0.414 e. The molecular weight excluding hydrogens is 436 g/mol. The van der Waals surface area contributed by atoms with Crippen LogP contribution >= 0.6 is 22.7 Å². The molecule has 10 heteroatoms. The number of hydrogen-bond acceptors (Lipinski definition) is 8. The molecule has 0 radical (unpaired) electrons. The Balaban J connectivity index is 1.65. The lowest BCUT2D eigenvalue weighted by atomic mass is 10.1. The maximum atomic E-state index is 12.8. The van der Waals surface area contributed by atoms with Gasteiger partial charge in [0.1, 0.15) is 15.3 Å². The zero-order valence-electron chi connectivity index (χ0n) is 16.2. The average molecular weight is 453 g/mol. The van der Waals surface area contributed by atoms with Crippen molar-refractivity contribution < 1.29 is 19.1 Å². The van der Waals surface area contributed by atoms with E-state index in [1.165, 1.54) is 11.3 Å². The number of aromatic nitrogens is 2. The highest BCUT2D eigenvalue weighted by atomic mass is 32.1. The minimum atomic E-state index is -0.852. The highest BCUT2D eigenvalue weighted by molar-refractivity contribution is 7.21. The SMILES string of the molecule is CCOC(=O)NC(=O)c1cc(-c2ccccc2)sc1NC(=O)c1nc2cccnc2s1. The van der Waals surface area contributed by atoms with Crippen molar-refractivity contribution >= 4 is 55.9 Å². The third kappa shape index (κ3) is 4.60. The van der Waals surface area contributed by atoms with Crippen LogP contribution in [0.15, 0.2) is 54.7 Å². The summed E-state index contributed by atoms with van der Waals surface area (Å²) in [5.74, 6) is -1.13. The number of carbonyl (C=O) groups is 3. The van der Waals surface area contributed by atoms with Gasteiger partial charge in [-0.15, -0.1) is 11.3 Å². The van der Waals surface area contributed by atoms with Crippen LogP contribution in [0.1, 0.15) is 27.1 Å². The first kappa shape index (κ1) is 20.6. The van der Waals surface area contributed by atoms with Crippen molar-refractivity contribution in [2.75, 3.05) is 11.9 Å². The first-order valence-electron chi connectivity index (χ1n) is 9.25. The Labute approximate surface area is 184 Å². The maximum absolute atomic E-state index is 12.8. The molecule has 0 atom stereocenters. The Morgan fingerprint density at radius 2 is 1.84 bits per heavy atom. The summed E-state index contributed by atoms with van der Waals surface area (Å²) in [6.45, 7) is 1.77. The molecule has 4 rings (SSSR count). The van der Waals surface area contributed by atoms with Gasteiger partial charge in [-0.2, -0.15) is 0 Å². The van der Waals surface area contributed by atoms with Gasteiger partial charge >= 0.3 is 6.09 Å². The number of rotatable bonds is 5. The van der Waals surface area contributed by atoms with Gasteiger partial charge in [0.05, 0.1) is 12.2 Å². The second kappa shape index (κ2) is 9.02. The van der Waals surface area contributed by atoms with Gasteiger partial charge in [0.15, 0.2) is 5.01 Å². The number of imide groups is 1. The fourth-order valence-corrected chi connectivity index (χ4v) is 4.61. The van der Waals surface area contributed by atoms with Crippen LogP contribution in [-0.2, 0) is 4.74 Å². The molecule has 2 N–H and O–H groups in total. The molecule has 0 fully saturated rings. The third-order valence-corrected chi connectivity index (χ3v) is 6.19. The lowest BCUT2D eigenvalue weighted by Crippen LogP contribution is -2.31. The fourth-order valence-electron chi connectivity index (χ4n) is 2.75. The van der Waals surface area contributed by atoms with E-state index in [0.717, 1.165) is 21.8 Å². The molecule has 0 bridgehead atoms. The van der Waals surface area contributed by atoms with Crippen molar-refractivity contribution in [2.45, 2.75) is 6.92 Å². The molecule has 0 aliphatic carbocycles. The largest absolute Gasteiger partial charge is 0.450 e. The number of amides is 3.